The molecule has 4 nitrogen and oxygen atoms in total. The van der Waals surface area contributed by atoms with Gasteiger partial charge in [0.15, 0.2) is 15.6 Å². The second-order valence-electron chi connectivity index (χ2n) is 4.67. The molecule has 0 aliphatic heterocycles. The molecule has 0 aliphatic carbocycles. The Hall–Kier alpha value is -2.40. The Balaban J connectivity index is 1.94. The number of ketones is 1. The Morgan fingerprint density at radius 1 is 0.952 bits per heavy atom. The number of fused-ring (bicyclic) bond motifs is 1. The smallest absolute Gasteiger partial charge is 0.213 e. The lowest BCUT2D eigenvalue weighted by Gasteiger charge is -2.05. The molecule has 0 aliphatic rings. The van der Waals surface area contributed by atoms with Crippen LogP contribution in [0.4, 0.5) is 0 Å². The largest absolute Gasteiger partial charge is 0.461 e. The Morgan fingerprint density at radius 3 is 2.43 bits per heavy atom. The number of carbonyl (C=O) groups excluding carboxylic acids is 1. The number of furan rings is 1. The molecule has 0 N–H and O–H groups in total. The summed E-state index contributed by atoms with van der Waals surface area (Å²) in [5, 5.41) is 1.78. The molecule has 5 heteroatoms. The zero-order chi connectivity index (χ0) is 14.9. The van der Waals surface area contributed by atoms with Gasteiger partial charge in [0.1, 0.15) is 5.75 Å². The fourth-order valence-corrected chi connectivity index (χ4v) is 3.36. The van der Waals surface area contributed by atoms with Crippen LogP contribution in [0, 0.1) is 0 Å². The van der Waals surface area contributed by atoms with E-state index in [1.165, 1.54) is 18.4 Å². The van der Waals surface area contributed by atoms with Crippen LogP contribution in [0.2, 0.25) is 0 Å². The molecular weight excluding hydrogens is 288 g/mol. The first-order valence-electron chi connectivity index (χ1n) is 6.34. The van der Waals surface area contributed by atoms with Crippen molar-refractivity contribution in [1.29, 1.82) is 0 Å². The number of hydrogen-bond donors (Lipinski definition) is 0. The summed E-state index contributed by atoms with van der Waals surface area (Å²) in [7, 11) is -3.69. The van der Waals surface area contributed by atoms with Crippen LogP contribution < -0.4 is 0 Å². The maximum Gasteiger partial charge on any atom is 0.213 e. The highest BCUT2D eigenvalue weighted by Gasteiger charge is 2.22. The standard InChI is InChI=1S/C16H12O4S/c17-15(16-6-3-9-20-16)11-21(18,19)14-8-7-12-4-1-2-5-13(12)10-14/h1-10H,11H2. The minimum Gasteiger partial charge on any atom is -0.461 e. The van der Waals surface area contributed by atoms with Gasteiger partial charge < -0.3 is 4.42 Å². The molecule has 0 fully saturated rings. The first-order valence-corrected chi connectivity index (χ1v) is 8.00. The Morgan fingerprint density at radius 2 is 1.71 bits per heavy atom. The van der Waals surface area contributed by atoms with E-state index in [4.69, 9.17) is 4.42 Å². The van der Waals surface area contributed by atoms with Crippen LogP contribution in [-0.4, -0.2) is 20.0 Å². The second kappa shape index (κ2) is 5.18. The van der Waals surface area contributed by atoms with E-state index in [-0.39, 0.29) is 10.7 Å². The predicted octanol–water partition coefficient (Wildman–Crippen LogP) is 3.09. The molecule has 0 saturated heterocycles. The number of hydrogen-bond acceptors (Lipinski definition) is 4. The highest BCUT2D eigenvalue weighted by molar-refractivity contribution is 7.92. The molecule has 0 unspecified atom stereocenters. The molecule has 106 valence electrons. The molecule has 1 aromatic heterocycles. The quantitative estimate of drug-likeness (QED) is 0.695. The van der Waals surface area contributed by atoms with Gasteiger partial charge in [-0.3, -0.25) is 4.79 Å². The van der Waals surface area contributed by atoms with Crippen molar-refractivity contribution in [2.75, 3.05) is 5.75 Å². The summed E-state index contributed by atoms with van der Waals surface area (Å²) in [5.74, 6) is -1.09. The maximum absolute atomic E-state index is 12.3. The Labute approximate surface area is 121 Å². The Bertz CT molecular complexity index is 893. The average molecular weight is 300 g/mol. The molecule has 0 saturated carbocycles. The van der Waals surface area contributed by atoms with Crippen LogP contribution in [0.5, 0.6) is 0 Å². The summed E-state index contributed by atoms with van der Waals surface area (Å²) < 4.78 is 29.6. The summed E-state index contributed by atoms with van der Waals surface area (Å²) in [6, 6.07) is 15.3. The van der Waals surface area contributed by atoms with Gasteiger partial charge in [0, 0.05) is 0 Å². The zero-order valence-electron chi connectivity index (χ0n) is 11.0. The van der Waals surface area contributed by atoms with Crippen molar-refractivity contribution in [1.82, 2.24) is 0 Å². The molecule has 0 amide bonds. The first-order chi connectivity index (χ1) is 10.1. The third kappa shape index (κ3) is 2.73. The highest BCUT2D eigenvalue weighted by Crippen LogP contribution is 2.20. The van der Waals surface area contributed by atoms with Gasteiger partial charge in [-0.05, 0) is 35.0 Å². The summed E-state index contributed by atoms with van der Waals surface area (Å²) >= 11 is 0. The lowest BCUT2D eigenvalue weighted by Crippen LogP contribution is -2.16. The van der Waals surface area contributed by atoms with Crippen LogP contribution in [0.15, 0.2) is 70.2 Å². The lowest BCUT2D eigenvalue weighted by atomic mass is 10.1. The SMILES string of the molecule is O=C(CS(=O)(=O)c1ccc2ccccc2c1)c1ccco1. The van der Waals surface area contributed by atoms with E-state index in [1.54, 1.807) is 18.2 Å². The Kier molecular flexibility index (Phi) is 3.35. The lowest BCUT2D eigenvalue weighted by molar-refractivity contribution is 0.0990. The van der Waals surface area contributed by atoms with E-state index in [0.29, 0.717) is 0 Å². The number of benzene rings is 2. The number of Topliss-reactive ketones (excluding diaryl/α,β-unsaturated/α-hetero) is 1. The third-order valence-corrected chi connectivity index (χ3v) is 4.81. The van der Waals surface area contributed by atoms with Crippen molar-refractivity contribution in [3.8, 4) is 0 Å². The van der Waals surface area contributed by atoms with Crippen molar-refractivity contribution in [3.63, 3.8) is 0 Å². The molecular formula is C16H12O4S. The van der Waals surface area contributed by atoms with Crippen LogP contribution in [0.25, 0.3) is 10.8 Å². The van der Waals surface area contributed by atoms with Gasteiger partial charge in [0.2, 0.25) is 5.78 Å². The average Bonchev–Trinajstić information content (AvgIpc) is 3.00. The molecule has 2 aromatic carbocycles. The van der Waals surface area contributed by atoms with Crippen molar-refractivity contribution in [2.24, 2.45) is 0 Å². The predicted molar refractivity (Wildman–Crippen MR) is 79.0 cm³/mol. The summed E-state index contributed by atoms with van der Waals surface area (Å²) in [4.78, 5) is 12.0. The fraction of sp³-hybridized carbons (Fsp3) is 0.0625. The van der Waals surface area contributed by atoms with Gasteiger partial charge in [0.05, 0.1) is 11.2 Å². The summed E-state index contributed by atoms with van der Waals surface area (Å²) in [6.07, 6.45) is 1.34. The number of rotatable bonds is 4. The minimum absolute atomic E-state index is 0.0550. The van der Waals surface area contributed by atoms with Gasteiger partial charge in [0.25, 0.3) is 0 Å². The molecule has 0 atom stereocenters. The molecule has 0 bridgehead atoms. The minimum atomic E-state index is -3.69. The van der Waals surface area contributed by atoms with Gasteiger partial charge in [-0.15, -0.1) is 0 Å². The van der Waals surface area contributed by atoms with Crippen LogP contribution >= 0.6 is 0 Å². The van der Waals surface area contributed by atoms with Crippen molar-refractivity contribution in [3.05, 3.63) is 66.6 Å². The van der Waals surface area contributed by atoms with Crippen LogP contribution in [0.1, 0.15) is 10.6 Å². The van der Waals surface area contributed by atoms with E-state index in [0.717, 1.165) is 10.8 Å². The van der Waals surface area contributed by atoms with Gasteiger partial charge in [-0.2, -0.15) is 0 Å². The van der Waals surface area contributed by atoms with Gasteiger partial charge in [-0.25, -0.2) is 8.42 Å². The van der Waals surface area contributed by atoms with E-state index in [1.807, 2.05) is 24.3 Å². The fourth-order valence-electron chi connectivity index (χ4n) is 2.13. The topological polar surface area (TPSA) is 64.3 Å². The molecule has 0 radical (unpaired) electrons. The summed E-state index contributed by atoms with van der Waals surface area (Å²) in [6.45, 7) is 0. The molecule has 0 spiro atoms. The second-order valence-corrected chi connectivity index (χ2v) is 6.66. The molecule has 3 aromatic rings. The van der Waals surface area contributed by atoms with Crippen molar-refractivity contribution < 1.29 is 17.6 Å². The van der Waals surface area contributed by atoms with Crippen LogP contribution in [-0.2, 0) is 9.84 Å². The van der Waals surface area contributed by atoms with Gasteiger partial charge >= 0.3 is 0 Å². The molecule has 21 heavy (non-hydrogen) atoms. The normalized spacial score (nSPS) is 11.6. The van der Waals surface area contributed by atoms with E-state index < -0.39 is 21.4 Å². The maximum atomic E-state index is 12.3. The van der Waals surface area contributed by atoms with Crippen molar-refractivity contribution >= 4 is 26.4 Å². The van der Waals surface area contributed by atoms with Crippen molar-refractivity contribution in [2.45, 2.75) is 4.90 Å². The summed E-state index contributed by atoms with van der Waals surface area (Å²) in [5.41, 5.74) is 0. The van der Waals surface area contributed by atoms with E-state index in [2.05, 4.69) is 0 Å². The highest BCUT2D eigenvalue weighted by atomic mass is 32.2. The van der Waals surface area contributed by atoms with E-state index in [9.17, 15) is 13.2 Å². The van der Waals surface area contributed by atoms with Gasteiger partial charge in [-0.1, -0.05) is 30.3 Å². The monoisotopic (exact) mass is 300 g/mol. The zero-order valence-corrected chi connectivity index (χ0v) is 11.8. The van der Waals surface area contributed by atoms with E-state index >= 15 is 0 Å². The molecule has 1 heterocycles. The third-order valence-electron chi connectivity index (χ3n) is 3.20. The number of carbonyl (C=O) groups is 1. The first kappa shape index (κ1) is 13.6. The molecule has 3 rings (SSSR count). The number of sulfone groups is 1. The van der Waals surface area contributed by atoms with Crippen LogP contribution in [0.3, 0.4) is 0 Å².